The number of hydrogen-bond acceptors (Lipinski definition) is 6. The molecule has 5 nitrogen and oxygen atoms in total. The topological polar surface area (TPSA) is 45.2 Å². The molecule has 0 unspecified atom stereocenters. The SMILES string of the molecule is Clc1cccnc1N1CCN(c2ncnc3scc(-c4ccccc4)c23)CC1. The van der Waals surface area contributed by atoms with E-state index in [1.54, 1.807) is 23.9 Å². The lowest BCUT2D eigenvalue weighted by atomic mass is 10.1. The minimum Gasteiger partial charge on any atom is -0.352 e. The Morgan fingerprint density at radius 1 is 0.821 bits per heavy atom. The Kier molecular flexibility index (Phi) is 4.58. The predicted molar refractivity (Wildman–Crippen MR) is 117 cm³/mol. The first-order valence-corrected chi connectivity index (χ1v) is 10.4. The lowest BCUT2D eigenvalue weighted by Crippen LogP contribution is -2.47. The van der Waals surface area contributed by atoms with Crippen LogP contribution in [0.1, 0.15) is 0 Å². The van der Waals surface area contributed by atoms with Gasteiger partial charge in [-0.05, 0) is 17.7 Å². The van der Waals surface area contributed by atoms with Gasteiger partial charge in [0.25, 0.3) is 0 Å². The number of halogens is 1. The number of pyridine rings is 1. The van der Waals surface area contributed by atoms with Crippen molar-refractivity contribution in [2.45, 2.75) is 0 Å². The van der Waals surface area contributed by atoms with Gasteiger partial charge in [0, 0.05) is 43.3 Å². The van der Waals surface area contributed by atoms with E-state index in [2.05, 4.69) is 54.4 Å². The molecular formula is C21H18ClN5S. The summed E-state index contributed by atoms with van der Waals surface area (Å²) < 4.78 is 0. The van der Waals surface area contributed by atoms with Gasteiger partial charge in [-0.25, -0.2) is 15.0 Å². The predicted octanol–water partition coefficient (Wildman–Crippen LogP) is 4.73. The van der Waals surface area contributed by atoms with E-state index in [0.29, 0.717) is 5.02 Å². The van der Waals surface area contributed by atoms with Crippen molar-refractivity contribution in [1.29, 1.82) is 0 Å². The van der Waals surface area contributed by atoms with Gasteiger partial charge >= 0.3 is 0 Å². The van der Waals surface area contributed by atoms with Crippen LogP contribution in [-0.2, 0) is 0 Å². The van der Waals surface area contributed by atoms with Gasteiger partial charge in [0.15, 0.2) is 0 Å². The molecule has 0 N–H and O–H groups in total. The quantitative estimate of drug-likeness (QED) is 0.491. The summed E-state index contributed by atoms with van der Waals surface area (Å²) in [5.74, 6) is 1.87. The maximum Gasteiger partial charge on any atom is 0.147 e. The van der Waals surface area contributed by atoms with E-state index in [1.807, 2.05) is 18.2 Å². The number of rotatable bonds is 3. The van der Waals surface area contributed by atoms with E-state index in [4.69, 9.17) is 11.6 Å². The molecule has 1 aromatic carbocycles. The summed E-state index contributed by atoms with van der Waals surface area (Å²) in [6, 6.07) is 14.2. The molecule has 7 heteroatoms. The summed E-state index contributed by atoms with van der Waals surface area (Å²) >= 11 is 8.00. The summed E-state index contributed by atoms with van der Waals surface area (Å²) in [4.78, 5) is 19.2. The van der Waals surface area contributed by atoms with E-state index in [0.717, 1.165) is 48.0 Å². The molecule has 1 fully saturated rings. The molecule has 0 saturated carbocycles. The average Bonchev–Trinajstić information content (AvgIpc) is 3.19. The van der Waals surface area contributed by atoms with Gasteiger partial charge in [-0.15, -0.1) is 11.3 Å². The van der Waals surface area contributed by atoms with Crippen LogP contribution < -0.4 is 9.80 Å². The van der Waals surface area contributed by atoms with Crippen LogP contribution in [0.25, 0.3) is 21.3 Å². The first-order valence-electron chi connectivity index (χ1n) is 9.19. The van der Waals surface area contributed by atoms with Gasteiger partial charge in [0.05, 0.1) is 10.4 Å². The lowest BCUT2D eigenvalue weighted by molar-refractivity contribution is 0.643. The molecule has 4 heterocycles. The lowest BCUT2D eigenvalue weighted by Gasteiger charge is -2.36. The molecule has 1 aliphatic heterocycles. The summed E-state index contributed by atoms with van der Waals surface area (Å²) in [6.45, 7) is 3.44. The van der Waals surface area contributed by atoms with Crippen molar-refractivity contribution in [2.75, 3.05) is 36.0 Å². The number of thiophene rings is 1. The summed E-state index contributed by atoms with van der Waals surface area (Å²) in [7, 11) is 0. The number of hydrogen-bond donors (Lipinski definition) is 0. The fourth-order valence-electron chi connectivity index (χ4n) is 3.67. The van der Waals surface area contributed by atoms with Gasteiger partial charge in [0.1, 0.15) is 22.8 Å². The average molecular weight is 408 g/mol. The molecule has 1 saturated heterocycles. The Balaban J connectivity index is 1.46. The van der Waals surface area contributed by atoms with E-state index in [9.17, 15) is 0 Å². The van der Waals surface area contributed by atoms with Crippen molar-refractivity contribution in [3.8, 4) is 11.1 Å². The van der Waals surface area contributed by atoms with E-state index in [1.165, 1.54) is 11.1 Å². The van der Waals surface area contributed by atoms with Crippen LogP contribution in [0.15, 0.2) is 60.4 Å². The smallest absolute Gasteiger partial charge is 0.147 e. The van der Waals surface area contributed by atoms with E-state index in [-0.39, 0.29) is 0 Å². The van der Waals surface area contributed by atoms with E-state index >= 15 is 0 Å². The van der Waals surface area contributed by atoms with Crippen LogP contribution in [0.2, 0.25) is 5.02 Å². The number of benzene rings is 1. The number of aromatic nitrogens is 3. The molecule has 0 amide bonds. The number of anilines is 2. The highest BCUT2D eigenvalue weighted by molar-refractivity contribution is 7.17. The maximum atomic E-state index is 6.33. The third-order valence-electron chi connectivity index (χ3n) is 5.05. The van der Waals surface area contributed by atoms with Crippen LogP contribution in [0.3, 0.4) is 0 Å². The molecule has 3 aromatic heterocycles. The van der Waals surface area contributed by atoms with Crippen LogP contribution >= 0.6 is 22.9 Å². The zero-order valence-electron chi connectivity index (χ0n) is 15.1. The van der Waals surface area contributed by atoms with Crippen molar-refractivity contribution < 1.29 is 0 Å². The standard InChI is InChI=1S/C21H18ClN5S/c22-17-7-4-8-23-19(17)26-9-11-27(12-10-26)20-18-16(15-5-2-1-3-6-15)13-28-21(18)25-14-24-20/h1-8,13-14H,9-12H2. The third kappa shape index (κ3) is 3.08. The van der Waals surface area contributed by atoms with Crippen molar-refractivity contribution in [3.05, 3.63) is 65.4 Å². The molecular weight excluding hydrogens is 390 g/mol. The largest absolute Gasteiger partial charge is 0.352 e. The van der Waals surface area contributed by atoms with Crippen molar-refractivity contribution in [1.82, 2.24) is 15.0 Å². The van der Waals surface area contributed by atoms with Crippen molar-refractivity contribution >= 4 is 44.8 Å². The minimum atomic E-state index is 0.699. The number of piperazine rings is 1. The normalized spacial score (nSPS) is 14.6. The Bertz CT molecular complexity index is 1110. The number of fused-ring (bicyclic) bond motifs is 1. The second kappa shape index (κ2) is 7.37. The van der Waals surface area contributed by atoms with Crippen LogP contribution in [0, 0.1) is 0 Å². The fraction of sp³-hybridized carbons (Fsp3) is 0.190. The monoisotopic (exact) mass is 407 g/mol. The molecule has 4 aromatic rings. The maximum absolute atomic E-state index is 6.33. The second-order valence-electron chi connectivity index (χ2n) is 6.68. The molecule has 1 aliphatic rings. The highest BCUT2D eigenvalue weighted by Gasteiger charge is 2.23. The Labute approximate surface area is 172 Å². The van der Waals surface area contributed by atoms with Crippen molar-refractivity contribution in [3.63, 3.8) is 0 Å². The van der Waals surface area contributed by atoms with Crippen LogP contribution in [0.4, 0.5) is 11.6 Å². The Morgan fingerprint density at radius 2 is 1.57 bits per heavy atom. The fourth-order valence-corrected chi connectivity index (χ4v) is 4.82. The Morgan fingerprint density at radius 3 is 2.32 bits per heavy atom. The van der Waals surface area contributed by atoms with Crippen molar-refractivity contribution in [2.24, 2.45) is 0 Å². The second-order valence-corrected chi connectivity index (χ2v) is 7.94. The van der Waals surface area contributed by atoms with Gasteiger partial charge in [0.2, 0.25) is 0 Å². The first-order chi connectivity index (χ1) is 13.8. The molecule has 0 radical (unpaired) electrons. The highest BCUT2D eigenvalue weighted by atomic mass is 35.5. The molecule has 5 rings (SSSR count). The third-order valence-corrected chi connectivity index (χ3v) is 6.23. The van der Waals surface area contributed by atoms with Gasteiger partial charge < -0.3 is 9.80 Å². The zero-order valence-corrected chi connectivity index (χ0v) is 16.7. The summed E-state index contributed by atoms with van der Waals surface area (Å²) in [6.07, 6.45) is 3.46. The zero-order chi connectivity index (χ0) is 18.9. The van der Waals surface area contributed by atoms with Crippen LogP contribution in [-0.4, -0.2) is 41.1 Å². The van der Waals surface area contributed by atoms with E-state index < -0.39 is 0 Å². The van der Waals surface area contributed by atoms with Gasteiger partial charge in [-0.1, -0.05) is 41.9 Å². The first kappa shape index (κ1) is 17.4. The van der Waals surface area contributed by atoms with Crippen LogP contribution in [0.5, 0.6) is 0 Å². The summed E-state index contributed by atoms with van der Waals surface area (Å²) in [5.41, 5.74) is 2.40. The molecule has 0 spiro atoms. The van der Waals surface area contributed by atoms with Gasteiger partial charge in [-0.2, -0.15) is 0 Å². The molecule has 140 valence electrons. The molecule has 0 aliphatic carbocycles. The molecule has 0 bridgehead atoms. The Hall–Kier alpha value is -2.70. The highest BCUT2D eigenvalue weighted by Crippen LogP contribution is 2.38. The molecule has 0 atom stereocenters. The molecule has 28 heavy (non-hydrogen) atoms. The van der Waals surface area contributed by atoms with Gasteiger partial charge in [-0.3, -0.25) is 0 Å². The summed E-state index contributed by atoms with van der Waals surface area (Å²) in [5, 5.41) is 4.02. The number of nitrogens with zero attached hydrogens (tertiary/aromatic N) is 5. The minimum absolute atomic E-state index is 0.699.